The first-order valence-corrected chi connectivity index (χ1v) is 3.87. The normalized spacial score (nSPS) is 22.5. The van der Waals surface area contributed by atoms with E-state index in [1.807, 2.05) is 0 Å². The Kier molecular flexibility index (Phi) is 2.92. The molecule has 0 radical (unpaired) electrons. The smallest absolute Gasteiger partial charge is 0.0629 e. The molecule has 0 aromatic carbocycles. The van der Waals surface area contributed by atoms with E-state index >= 15 is 0 Å². The predicted molar refractivity (Wildman–Crippen MR) is 43.2 cm³/mol. The zero-order valence-electron chi connectivity index (χ0n) is 6.93. The van der Waals surface area contributed by atoms with Crippen LogP contribution in [0.15, 0.2) is 0 Å². The minimum absolute atomic E-state index is 0.0486. The van der Waals surface area contributed by atoms with Crippen molar-refractivity contribution in [2.45, 2.75) is 12.8 Å². The van der Waals surface area contributed by atoms with Gasteiger partial charge in [-0.25, -0.2) is 0 Å². The van der Waals surface area contributed by atoms with E-state index < -0.39 is 0 Å². The third-order valence-corrected chi connectivity index (χ3v) is 2.18. The maximum atomic E-state index is 5.44. The van der Waals surface area contributed by atoms with Crippen molar-refractivity contribution in [3.8, 4) is 12.3 Å². The molecule has 0 bridgehead atoms. The fourth-order valence-corrected chi connectivity index (χ4v) is 1.37. The number of hydrogen-bond donors (Lipinski definition) is 0. The van der Waals surface area contributed by atoms with Gasteiger partial charge in [-0.15, -0.1) is 6.42 Å². The van der Waals surface area contributed by atoms with Crippen LogP contribution in [0.25, 0.3) is 0 Å². The van der Waals surface area contributed by atoms with Gasteiger partial charge in [-0.1, -0.05) is 5.92 Å². The van der Waals surface area contributed by atoms with Crippen molar-refractivity contribution in [3.05, 3.63) is 0 Å². The van der Waals surface area contributed by atoms with E-state index in [9.17, 15) is 0 Å². The third-order valence-electron chi connectivity index (χ3n) is 2.18. The molecule has 1 fully saturated rings. The maximum absolute atomic E-state index is 5.44. The lowest BCUT2D eigenvalue weighted by molar-refractivity contribution is 0.00295. The van der Waals surface area contributed by atoms with Gasteiger partial charge in [0.1, 0.15) is 0 Å². The van der Waals surface area contributed by atoms with Gasteiger partial charge in [0.2, 0.25) is 0 Å². The number of ether oxygens (including phenoxy) is 2. The highest BCUT2D eigenvalue weighted by Crippen LogP contribution is 2.29. The minimum atomic E-state index is -0.0486. The Morgan fingerprint density at radius 1 is 1.55 bits per heavy atom. The van der Waals surface area contributed by atoms with E-state index in [0.29, 0.717) is 6.61 Å². The molecular formula is C9H14O2. The second-order valence-corrected chi connectivity index (χ2v) is 2.97. The van der Waals surface area contributed by atoms with E-state index in [1.165, 1.54) is 0 Å². The van der Waals surface area contributed by atoms with Crippen molar-refractivity contribution in [1.82, 2.24) is 0 Å². The number of terminal acetylenes is 1. The molecule has 1 saturated heterocycles. The van der Waals surface area contributed by atoms with E-state index in [1.54, 1.807) is 7.11 Å². The van der Waals surface area contributed by atoms with Crippen molar-refractivity contribution in [3.63, 3.8) is 0 Å². The molecule has 1 aliphatic rings. The summed E-state index contributed by atoms with van der Waals surface area (Å²) in [5.41, 5.74) is -0.0486. The molecule has 1 heterocycles. The van der Waals surface area contributed by atoms with Crippen LogP contribution in [0.4, 0.5) is 0 Å². The van der Waals surface area contributed by atoms with Gasteiger partial charge >= 0.3 is 0 Å². The zero-order valence-corrected chi connectivity index (χ0v) is 6.93. The fraction of sp³-hybridized carbons (Fsp3) is 0.778. The zero-order chi connectivity index (χ0) is 8.16. The molecule has 0 atom stereocenters. The highest BCUT2D eigenvalue weighted by atomic mass is 16.5. The van der Waals surface area contributed by atoms with Crippen LogP contribution in [0.3, 0.4) is 0 Å². The molecule has 0 spiro atoms. The highest BCUT2D eigenvalue weighted by Gasteiger charge is 2.30. The van der Waals surface area contributed by atoms with Crippen molar-refractivity contribution < 1.29 is 9.47 Å². The molecule has 0 amide bonds. The van der Waals surface area contributed by atoms with Gasteiger partial charge in [-0.05, 0) is 12.8 Å². The second-order valence-electron chi connectivity index (χ2n) is 2.97. The van der Waals surface area contributed by atoms with Crippen molar-refractivity contribution in [2.75, 3.05) is 26.9 Å². The minimum Gasteiger partial charge on any atom is -0.383 e. The van der Waals surface area contributed by atoms with Gasteiger partial charge in [0.05, 0.1) is 12.0 Å². The van der Waals surface area contributed by atoms with Crippen LogP contribution in [-0.2, 0) is 9.47 Å². The number of methoxy groups -OCH3 is 1. The summed E-state index contributed by atoms with van der Waals surface area (Å²) in [5, 5.41) is 0. The largest absolute Gasteiger partial charge is 0.383 e. The molecule has 0 aromatic rings. The average molecular weight is 154 g/mol. The molecule has 62 valence electrons. The van der Waals surface area contributed by atoms with Gasteiger partial charge in [-0.3, -0.25) is 0 Å². The molecule has 0 saturated carbocycles. The quantitative estimate of drug-likeness (QED) is 0.554. The van der Waals surface area contributed by atoms with Crippen LogP contribution in [0.5, 0.6) is 0 Å². The van der Waals surface area contributed by atoms with Crippen molar-refractivity contribution in [2.24, 2.45) is 5.41 Å². The maximum Gasteiger partial charge on any atom is 0.0629 e. The van der Waals surface area contributed by atoms with Gasteiger partial charge in [-0.2, -0.15) is 0 Å². The van der Waals surface area contributed by atoms with Crippen LogP contribution in [-0.4, -0.2) is 26.9 Å². The Labute approximate surface area is 67.9 Å². The van der Waals surface area contributed by atoms with E-state index in [4.69, 9.17) is 15.9 Å². The first-order valence-electron chi connectivity index (χ1n) is 3.87. The second kappa shape index (κ2) is 3.75. The molecule has 0 aliphatic carbocycles. The van der Waals surface area contributed by atoms with E-state index in [-0.39, 0.29) is 5.41 Å². The molecule has 1 rings (SSSR count). The Balaban J connectivity index is 2.51. The van der Waals surface area contributed by atoms with Crippen LogP contribution < -0.4 is 0 Å². The number of hydrogen-bond acceptors (Lipinski definition) is 2. The Morgan fingerprint density at radius 3 is 2.64 bits per heavy atom. The number of rotatable bonds is 2. The first kappa shape index (κ1) is 8.58. The summed E-state index contributed by atoms with van der Waals surface area (Å²) in [6.07, 6.45) is 7.29. The summed E-state index contributed by atoms with van der Waals surface area (Å²) in [6, 6.07) is 0. The molecule has 0 unspecified atom stereocenters. The van der Waals surface area contributed by atoms with Crippen LogP contribution >= 0.6 is 0 Å². The molecule has 0 aromatic heterocycles. The molecular weight excluding hydrogens is 140 g/mol. The summed E-state index contributed by atoms with van der Waals surface area (Å²) in [6.45, 7) is 2.20. The van der Waals surface area contributed by atoms with E-state index in [0.717, 1.165) is 26.1 Å². The lowest BCUT2D eigenvalue weighted by Gasteiger charge is -2.31. The summed E-state index contributed by atoms with van der Waals surface area (Å²) in [5.74, 6) is 2.81. The summed E-state index contributed by atoms with van der Waals surface area (Å²) in [7, 11) is 1.69. The first-order chi connectivity index (χ1) is 5.33. The van der Waals surface area contributed by atoms with E-state index in [2.05, 4.69) is 5.92 Å². The van der Waals surface area contributed by atoms with Gasteiger partial charge < -0.3 is 9.47 Å². The summed E-state index contributed by atoms with van der Waals surface area (Å²) in [4.78, 5) is 0. The Hall–Kier alpha value is -0.520. The van der Waals surface area contributed by atoms with Crippen molar-refractivity contribution >= 4 is 0 Å². The van der Waals surface area contributed by atoms with Crippen molar-refractivity contribution in [1.29, 1.82) is 0 Å². The molecule has 11 heavy (non-hydrogen) atoms. The monoisotopic (exact) mass is 154 g/mol. The van der Waals surface area contributed by atoms with Crippen LogP contribution in [0.1, 0.15) is 12.8 Å². The summed E-state index contributed by atoms with van der Waals surface area (Å²) < 4.78 is 10.3. The third kappa shape index (κ3) is 1.95. The molecule has 1 aliphatic heterocycles. The Morgan fingerprint density at radius 2 is 2.18 bits per heavy atom. The standard InChI is InChI=1S/C9H14O2/c1-3-9(8-10-2)4-6-11-7-5-9/h1H,4-8H2,2H3. The lowest BCUT2D eigenvalue weighted by atomic mass is 9.82. The SMILES string of the molecule is C#CC1(COC)CCOCC1. The lowest BCUT2D eigenvalue weighted by Crippen LogP contribution is -2.32. The fourth-order valence-electron chi connectivity index (χ4n) is 1.37. The molecule has 2 heteroatoms. The molecule has 0 N–H and O–H groups in total. The van der Waals surface area contributed by atoms with Crippen LogP contribution in [0.2, 0.25) is 0 Å². The van der Waals surface area contributed by atoms with Gasteiger partial charge in [0.25, 0.3) is 0 Å². The average Bonchev–Trinajstić information content (AvgIpc) is 2.07. The molecule has 2 nitrogen and oxygen atoms in total. The van der Waals surface area contributed by atoms with Gasteiger partial charge in [0, 0.05) is 20.3 Å². The Bertz CT molecular complexity index is 146. The summed E-state index contributed by atoms with van der Waals surface area (Å²) >= 11 is 0. The van der Waals surface area contributed by atoms with Gasteiger partial charge in [0.15, 0.2) is 0 Å². The van der Waals surface area contributed by atoms with Crippen LogP contribution in [0, 0.1) is 17.8 Å². The highest BCUT2D eigenvalue weighted by molar-refractivity contribution is 5.06. The topological polar surface area (TPSA) is 18.5 Å². The predicted octanol–water partition coefficient (Wildman–Crippen LogP) is 1.06.